The van der Waals surface area contributed by atoms with Gasteiger partial charge in [-0.05, 0) is 6.92 Å². The van der Waals surface area contributed by atoms with E-state index in [1.165, 1.54) is 0 Å². The number of hydrogen-bond acceptors (Lipinski definition) is 4. The fraction of sp³-hybridized carbons (Fsp3) is 0.300. The quantitative estimate of drug-likeness (QED) is 0.700. The number of hydrogen-bond donors (Lipinski definition) is 3. The van der Waals surface area contributed by atoms with E-state index in [1.807, 2.05) is 6.92 Å². The number of carbonyl (C=O) groups is 1. The van der Waals surface area contributed by atoms with Gasteiger partial charge in [-0.25, -0.2) is 4.98 Å². The van der Waals surface area contributed by atoms with Crippen molar-refractivity contribution in [1.82, 2.24) is 25.1 Å². The molecule has 0 aliphatic heterocycles. The van der Waals surface area contributed by atoms with Crippen LogP contribution in [0.4, 0.5) is 5.69 Å². The predicted molar refractivity (Wildman–Crippen MR) is 62.1 cm³/mol. The lowest BCUT2D eigenvalue weighted by Crippen LogP contribution is -2.24. The summed E-state index contributed by atoms with van der Waals surface area (Å²) in [4.78, 5) is 18.7. The lowest BCUT2D eigenvalue weighted by molar-refractivity contribution is 0.0945. The number of nitrogens with one attached hydrogen (secondary N) is 2. The molecule has 0 radical (unpaired) electrons. The lowest BCUT2D eigenvalue weighted by atomic mass is 10.3. The summed E-state index contributed by atoms with van der Waals surface area (Å²) in [5.41, 5.74) is 6.33. The van der Waals surface area contributed by atoms with Crippen LogP contribution in [0.3, 0.4) is 0 Å². The second-order valence-corrected chi connectivity index (χ2v) is 3.51. The Balaban J connectivity index is 2.01. The number of nitrogens with zero attached hydrogens (tertiary/aromatic N) is 3. The molecular weight excluding hydrogens is 220 g/mol. The van der Waals surface area contributed by atoms with Crippen molar-refractivity contribution in [1.29, 1.82) is 0 Å². The van der Waals surface area contributed by atoms with Gasteiger partial charge in [0.1, 0.15) is 5.82 Å². The smallest absolute Gasteiger partial charge is 0.274 e. The van der Waals surface area contributed by atoms with Crippen molar-refractivity contribution in [2.75, 3.05) is 5.73 Å². The van der Waals surface area contributed by atoms with E-state index in [2.05, 4.69) is 20.4 Å². The van der Waals surface area contributed by atoms with Crippen molar-refractivity contribution >= 4 is 11.6 Å². The molecule has 1 amide bonds. The standard InChI is InChI=1S/C10H14N6O/c1-2-16-6-7(11)9(15-16)10(17)14-5-8-12-3-4-13-8/h3-4,6H,2,5,11H2,1H3,(H,12,13)(H,14,17). The van der Waals surface area contributed by atoms with Crippen LogP contribution in [0.2, 0.25) is 0 Å². The highest BCUT2D eigenvalue weighted by Crippen LogP contribution is 2.08. The summed E-state index contributed by atoms with van der Waals surface area (Å²) < 4.78 is 1.62. The number of aromatic amines is 1. The predicted octanol–water partition coefficient (Wildman–Crippen LogP) is 0.138. The number of rotatable bonds is 4. The summed E-state index contributed by atoms with van der Waals surface area (Å²) >= 11 is 0. The maximum Gasteiger partial charge on any atom is 0.274 e. The summed E-state index contributed by atoms with van der Waals surface area (Å²) in [5.74, 6) is 0.387. The highest BCUT2D eigenvalue weighted by molar-refractivity contribution is 5.96. The summed E-state index contributed by atoms with van der Waals surface area (Å²) in [7, 11) is 0. The number of carbonyl (C=O) groups excluding carboxylic acids is 1. The largest absolute Gasteiger partial charge is 0.396 e. The summed E-state index contributed by atoms with van der Waals surface area (Å²) in [5, 5.41) is 6.77. The van der Waals surface area contributed by atoms with Crippen molar-refractivity contribution in [3.05, 3.63) is 30.1 Å². The Morgan fingerprint density at radius 1 is 1.65 bits per heavy atom. The number of aromatic nitrogens is 4. The van der Waals surface area contributed by atoms with Crippen LogP contribution in [-0.4, -0.2) is 25.7 Å². The Bertz CT molecular complexity index is 501. The fourth-order valence-electron chi connectivity index (χ4n) is 1.42. The Kier molecular flexibility index (Phi) is 3.08. The molecule has 7 heteroatoms. The van der Waals surface area contributed by atoms with E-state index in [9.17, 15) is 4.79 Å². The number of amides is 1. The highest BCUT2D eigenvalue weighted by Gasteiger charge is 2.14. The minimum atomic E-state index is -0.300. The molecular formula is C10H14N6O. The molecule has 0 aliphatic carbocycles. The zero-order chi connectivity index (χ0) is 12.3. The first-order valence-electron chi connectivity index (χ1n) is 5.30. The molecule has 0 fully saturated rings. The normalized spacial score (nSPS) is 10.4. The monoisotopic (exact) mass is 234 g/mol. The van der Waals surface area contributed by atoms with Crippen molar-refractivity contribution in [2.45, 2.75) is 20.0 Å². The van der Waals surface area contributed by atoms with E-state index >= 15 is 0 Å². The van der Waals surface area contributed by atoms with Crippen LogP contribution in [0.25, 0.3) is 0 Å². The van der Waals surface area contributed by atoms with Crippen LogP contribution in [0, 0.1) is 0 Å². The molecule has 2 rings (SSSR count). The van der Waals surface area contributed by atoms with Crippen LogP contribution in [-0.2, 0) is 13.1 Å². The number of imidazole rings is 1. The van der Waals surface area contributed by atoms with Gasteiger partial charge in [0, 0.05) is 25.1 Å². The van der Waals surface area contributed by atoms with Gasteiger partial charge in [-0.3, -0.25) is 9.48 Å². The fourth-order valence-corrected chi connectivity index (χ4v) is 1.42. The van der Waals surface area contributed by atoms with E-state index in [0.717, 1.165) is 0 Å². The number of aryl methyl sites for hydroxylation is 1. The highest BCUT2D eigenvalue weighted by atomic mass is 16.2. The second-order valence-electron chi connectivity index (χ2n) is 3.51. The van der Waals surface area contributed by atoms with Crippen LogP contribution in [0.15, 0.2) is 18.6 Å². The average Bonchev–Trinajstić information content (AvgIpc) is 2.94. The molecule has 0 saturated heterocycles. The lowest BCUT2D eigenvalue weighted by Gasteiger charge is -2.01. The van der Waals surface area contributed by atoms with Gasteiger partial charge in [-0.1, -0.05) is 0 Å². The van der Waals surface area contributed by atoms with Gasteiger partial charge in [0.25, 0.3) is 5.91 Å². The molecule has 2 aromatic rings. The first-order chi connectivity index (χ1) is 8.20. The third kappa shape index (κ3) is 2.44. The van der Waals surface area contributed by atoms with E-state index in [4.69, 9.17) is 5.73 Å². The Morgan fingerprint density at radius 2 is 2.47 bits per heavy atom. The minimum absolute atomic E-state index is 0.249. The molecule has 4 N–H and O–H groups in total. The third-order valence-corrected chi connectivity index (χ3v) is 2.30. The van der Waals surface area contributed by atoms with E-state index < -0.39 is 0 Å². The van der Waals surface area contributed by atoms with Crippen LogP contribution >= 0.6 is 0 Å². The maximum atomic E-state index is 11.8. The SMILES string of the molecule is CCn1cc(N)c(C(=O)NCc2ncc[nH]2)n1. The Morgan fingerprint density at radius 3 is 3.06 bits per heavy atom. The number of nitrogens with two attached hydrogens (primary N) is 1. The van der Waals surface area contributed by atoms with Crippen molar-refractivity contribution in [2.24, 2.45) is 0 Å². The average molecular weight is 234 g/mol. The van der Waals surface area contributed by atoms with Crippen molar-refractivity contribution in [3.8, 4) is 0 Å². The molecule has 7 nitrogen and oxygen atoms in total. The number of H-pyrrole nitrogens is 1. The topological polar surface area (TPSA) is 102 Å². The zero-order valence-corrected chi connectivity index (χ0v) is 9.47. The van der Waals surface area contributed by atoms with Gasteiger partial charge >= 0.3 is 0 Å². The second kappa shape index (κ2) is 4.69. The maximum absolute atomic E-state index is 11.8. The summed E-state index contributed by atoms with van der Waals surface area (Å²) in [6.45, 7) is 2.93. The van der Waals surface area contributed by atoms with Gasteiger partial charge < -0.3 is 16.0 Å². The zero-order valence-electron chi connectivity index (χ0n) is 9.47. The summed E-state index contributed by atoms with van der Waals surface area (Å²) in [6, 6.07) is 0. The minimum Gasteiger partial charge on any atom is -0.396 e. The Hall–Kier alpha value is -2.31. The van der Waals surface area contributed by atoms with E-state index in [-0.39, 0.29) is 11.6 Å². The Labute approximate surface area is 98.0 Å². The molecule has 0 aliphatic rings. The molecule has 90 valence electrons. The van der Waals surface area contributed by atoms with Crippen molar-refractivity contribution in [3.63, 3.8) is 0 Å². The molecule has 0 unspecified atom stereocenters. The molecule has 0 saturated carbocycles. The van der Waals surface area contributed by atoms with Gasteiger partial charge in [0.15, 0.2) is 5.69 Å². The molecule has 17 heavy (non-hydrogen) atoms. The van der Waals surface area contributed by atoms with Crippen LogP contribution in [0.1, 0.15) is 23.2 Å². The first-order valence-corrected chi connectivity index (χ1v) is 5.30. The van der Waals surface area contributed by atoms with Gasteiger partial charge in [-0.15, -0.1) is 0 Å². The molecule has 0 atom stereocenters. The first kappa shape index (κ1) is 11.2. The van der Waals surface area contributed by atoms with E-state index in [1.54, 1.807) is 23.3 Å². The van der Waals surface area contributed by atoms with E-state index in [0.29, 0.717) is 24.6 Å². The molecule has 0 aromatic carbocycles. The van der Waals surface area contributed by atoms with Gasteiger partial charge in [0.05, 0.1) is 12.2 Å². The van der Waals surface area contributed by atoms with Crippen LogP contribution in [0.5, 0.6) is 0 Å². The third-order valence-electron chi connectivity index (χ3n) is 2.30. The molecule has 2 heterocycles. The number of anilines is 1. The molecule has 2 aromatic heterocycles. The molecule has 0 spiro atoms. The molecule has 0 bridgehead atoms. The van der Waals surface area contributed by atoms with Crippen molar-refractivity contribution < 1.29 is 4.79 Å². The van der Waals surface area contributed by atoms with Gasteiger partial charge in [-0.2, -0.15) is 5.10 Å². The van der Waals surface area contributed by atoms with Crippen LogP contribution < -0.4 is 11.1 Å². The summed E-state index contributed by atoms with van der Waals surface area (Å²) in [6.07, 6.45) is 4.96. The van der Waals surface area contributed by atoms with Gasteiger partial charge in [0.2, 0.25) is 0 Å². The number of nitrogen functional groups attached to an aromatic ring is 1.